The quantitative estimate of drug-likeness (QED) is 0.203. The van der Waals surface area contributed by atoms with Crippen LogP contribution in [0.2, 0.25) is 0 Å². The van der Waals surface area contributed by atoms with E-state index in [0.717, 1.165) is 72.1 Å². The fourth-order valence-corrected chi connectivity index (χ4v) is 6.28. The fraction of sp³-hybridized carbons (Fsp3) is 0. The van der Waals surface area contributed by atoms with Gasteiger partial charge in [0.05, 0.1) is 12.4 Å². The molecular formula is C40H25N3O2. The van der Waals surface area contributed by atoms with Crippen LogP contribution in [0.4, 0.5) is 17.1 Å². The topological polar surface area (TPSA) is 55.3 Å². The highest BCUT2D eigenvalue weighted by Gasteiger charge is 2.18. The Morgan fingerprint density at radius 2 is 0.889 bits per heavy atom. The van der Waals surface area contributed by atoms with Crippen molar-refractivity contribution in [1.82, 2.24) is 9.97 Å². The number of fused-ring (bicyclic) bond motifs is 6. The third kappa shape index (κ3) is 4.33. The van der Waals surface area contributed by atoms with Gasteiger partial charge < -0.3 is 13.7 Å². The zero-order chi connectivity index (χ0) is 29.7. The summed E-state index contributed by atoms with van der Waals surface area (Å²) in [5, 5.41) is 4.17. The molecule has 0 fully saturated rings. The van der Waals surface area contributed by atoms with E-state index in [2.05, 4.69) is 112 Å². The predicted molar refractivity (Wildman–Crippen MR) is 182 cm³/mol. The number of rotatable bonds is 5. The number of aromatic nitrogens is 2. The Kier molecular flexibility index (Phi) is 5.74. The van der Waals surface area contributed by atoms with Gasteiger partial charge in [-0.15, -0.1) is 0 Å². The Morgan fingerprint density at radius 3 is 1.49 bits per heavy atom. The molecule has 5 aromatic carbocycles. The molecule has 4 aromatic heterocycles. The molecule has 0 aliphatic heterocycles. The van der Waals surface area contributed by atoms with E-state index in [-0.39, 0.29) is 0 Å². The number of anilines is 3. The minimum Gasteiger partial charge on any atom is -0.454 e. The predicted octanol–water partition coefficient (Wildman–Crippen LogP) is 11.1. The second-order valence-electron chi connectivity index (χ2n) is 11.1. The average Bonchev–Trinajstić information content (AvgIpc) is 3.67. The lowest BCUT2D eigenvalue weighted by molar-refractivity contribution is 0.666. The van der Waals surface area contributed by atoms with Crippen molar-refractivity contribution in [3.8, 4) is 22.3 Å². The molecule has 0 atom stereocenters. The van der Waals surface area contributed by atoms with E-state index in [1.165, 1.54) is 11.1 Å². The SMILES string of the molecule is c1ccc(-c2ccc(-c3cccc(N(c4ccc5oc6cnccc6c5c4)c4ccc5oc6cnccc6c5c4)c3)cc2)cc1. The molecule has 5 heteroatoms. The minimum absolute atomic E-state index is 0.775. The van der Waals surface area contributed by atoms with Crippen LogP contribution in [0.15, 0.2) is 161 Å². The van der Waals surface area contributed by atoms with Crippen molar-refractivity contribution >= 4 is 60.9 Å². The maximum Gasteiger partial charge on any atom is 0.153 e. The van der Waals surface area contributed by atoms with Crippen LogP contribution in [-0.2, 0) is 0 Å². The molecule has 0 spiro atoms. The molecule has 0 N–H and O–H groups in total. The molecule has 5 nitrogen and oxygen atoms in total. The molecule has 0 bridgehead atoms. The van der Waals surface area contributed by atoms with Crippen molar-refractivity contribution in [2.24, 2.45) is 0 Å². The van der Waals surface area contributed by atoms with E-state index in [9.17, 15) is 0 Å². The maximum absolute atomic E-state index is 6.11. The van der Waals surface area contributed by atoms with Crippen LogP contribution in [0.1, 0.15) is 0 Å². The van der Waals surface area contributed by atoms with Gasteiger partial charge in [0.15, 0.2) is 11.2 Å². The second-order valence-corrected chi connectivity index (χ2v) is 11.1. The van der Waals surface area contributed by atoms with Gasteiger partial charge in [0.2, 0.25) is 0 Å². The minimum atomic E-state index is 0.775. The lowest BCUT2D eigenvalue weighted by Gasteiger charge is -2.26. The van der Waals surface area contributed by atoms with Crippen molar-refractivity contribution in [3.63, 3.8) is 0 Å². The van der Waals surface area contributed by atoms with Crippen molar-refractivity contribution < 1.29 is 8.83 Å². The lowest BCUT2D eigenvalue weighted by Crippen LogP contribution is -2.10. The summed E-state index contributed by atoms with van der Waals surface area (Å²) in [6, 6.07) is 44.7. The molecule has 212 valence electrons. The number of nitrogens with zero attached hydrogens (tertiary/aromatic N) is 3. The Bertz CT molecular complexity index is 2380. The molecule has 0 saturated carbocycles. The highest BCUT2D eigenvalue weighted by Crippen LogP contribution is 2.41. The first kappa shape index (κ1) is 25.3. The summed E-state index contributed by atoms with van der Waals surface area (Å²) in [5.74, 6) is 0. The monoisotopic (exact) mass is 579 g/mol. The maximum atomic E-state index is 6.11. The van der Waals surface area contributed by atoms with Gasteiger partial charge in [-0.3, -0.25) is 9.97 Å². The lowest BCUT2D eigenvalue weighted by atomic mass is 9.99. The molecule has 9 rings (SSSR count). The zero-order valence-electron chi connectivity index (χ0n) is 24.1. The number of pyridine rings is 2. The third-order valence-electron chi connectivity index (χ3n) is 8.46. The van der Waals surface area contributed by atoms with Crippen molar-refractivity contribution in [3.05, 3.63) is 152 Å². The van der Waals surface area contributed by atoms with Gasteiger partial charge in [0, 0.05) is 51.0 Å². The fourth-order valence-electron chi connectivity index (χ4n) is 6.28. The normalized spacial score (nSPS) is 11.6. The van der Waals surface area contributed by atoms with Crippen LogP contribution in [0.3, 0.4) is 0 Å². The first-order chi connectivity index (χ1) is 22.3. The van der Waals surface area contributed by atoms with Crippen LogP contribution < -0.4 is 4.90 Å². The number of hydrogen-bond donors (Lipinski definition) is 0. The van der Waals surface area contributed by atoms with E-state index in [1.54, 1.807) is 24.8 Å². The van der Waals surface area contributed by atoms with E-state index in [4.69, 9.17) is 8.83 Å². The zero-order valence-corrected chi connectivity index (χ0v) is 24.1. The summed E-state index contributed by atoms with van der Waals surface area (Å²) in [6.07, 6.45) is 7.15. The second kappa shape index (κ2) is 10.2. The third-order valence-corrected chi connectivity index (χ3v) is 8.46. The Hall–Kier alpha value is -6.20. The van der Waals surface area contributed by atoms with Gasteiger partial charge in [-0.1, -0.05) is 66.7 Å². The van der Waals surface area contributed by atoms with Crippen LogP contribution in [-0.4, -0.2) is 9.97 Å². The number of hydrogen-bond acceptors (Lipinski definition) is 5. The summed E-state index contributed by atoms with van der Waals surface area (Å²) in [5.41, 5.74) is 11.0. The molecule has 0 saturated heterocycles. The molecule has 0 amide bonds. The number of benzene rings is 5. The van der Waals surface area contributed by atoms with Crippen LogP contribution in [0.5, 0.6) is 0 Å². The van der Waals surface area contributed by atoms with Gasteiger partial charge in [-0.05, 0) is 82.9 Å². The highest BCUT2D eigenvalue weighted by atomic mass is 16.3. The van der Waals surface area contributed by atoms with E-state index < -0.39 is 0 Å². The summed E-state index contributed by atoms with van der Waals surface area (Å²) in [4.78, 5) is 10.8. The van der Waals surface area contributed by atoms with Gasteiger partial charge in [-0.25, -0.2) is 0 Å². The molecule has 9 aromatic rings. The summed E-state index contributed by atoms with van der Waals surface area (Å²) in [7, 11) is 0. The van der Waals surface area contributed by atoms with Crippen molar-refractivity contribution in [2.75, 3.05) is 4.90 Å². The standard InChI is InChI=1S/C40H25N3O2/c1-2-5-26(6-3-1)27-9-11-28(12-10-27)29-7-4-8-30(21-29)43(31-13-15-37-35(22-31)33-17-19-41-24-39(33)44-37)32-14-16-38-36(23-32)34-18-20-42-25-40(34)45-38/h1-25H. The summed E-state index contributed by atoms with van der Waals surface area (Å²) < 4.78 is 12.2. The van der Waals surface area contributed by atoms with Crippen molar-refractivity contribution in [2.45, 2.75) is 0 Å². The molecule has 45 heavy (non-hydrogen) atoms. The molecule has 0 aliphatic rings. The van der Waals surface area contributed by atoms with Crippen LogP contribution in [0.25, 0.3) is 66.1 Å². The summed E-state index contributed by atoms with van der Waals surface area (Å²) >= 11 is 0. The molecule has 0 unspecified atom stereocenters. The molecule has 0 radical (unpaired) electrons. The Balaban J connectivity index is 1.21. The smallest absolute Gasteiger partial charge is 0.153 e. The van der Waals surface area contributed by atoms with Crippen molar-refractivity contribution in [1.29, 1.82) is 0 Å². The average molecular weight is 580 g/mol. The summed E-state index contributed by atoms with van der Waals surface area (Å²) in [6.45, 7) is 0. The van der Waals surface area contributed by atoms with Gasteiger partial charge in [-0.2, -0.15) is 0 Å². The van der Waals surface area contributed by atoms with E-state index in [1.807, 2.05) is 30.3 Å². The highest BCUT2D eigenvalue weighted by molar-refractivity contribution is 6.08. The van der Waals surface area contributed by atoms with Gasteiger partial charge in [0.1, 0.15) is 11.2 Å². The molecule has 0 aliphatic carbocycles. The van der Waals surface area contributed by atoms with Gasteiger partial charge >= 0.3 is 0 Å². The largest absolute Gasteiger partial charge is 0.454 e. The van der Waals surface area contributed by atoms with Gasteiger partial charge in [0.25, 0.3) is 0 Å². The molecular weight excluding hydrogens is 554 g/mol. The Labute approximate surface area is 258 Å². The van der Waals surface area contributed by atoms with Crippen LogP contribution >= 0.6 is 0 Å². The number of furan rings is 2. The van der Waals surface area contributed by atoms with E-state index in [0.29, 0.717) is 0 Å². The Morgan fingerprint density at radius 1 is 0.378 bits per heavy atom. The molecule has 4 heterocycles. The first-order valence-electron chi connectivity index (χ1n) is 14.9. The first-order valence-corrected chi connectivity index (χ1v) is 14.9. The van der Waals surface area contributed by atoms with E-state index >= 15 is 0 Å². The van der Waals surface area contributed by atoms with Crippen LogP contribution in [0, 0.1) is 0 Å².